The van der Waals surface area contributed by atoms with Gasteiger partial charge in [-0.25, -0.2) is 0 Å². The molecule has 0 fully saturated rings. The summed E-state index contributed by atoms with van der Waals surface area (Å²) in [6.45, 7) is -0.143. The number of hydrogen-bond donors (Lipinski definition) is 0. The number of imide groups is 1. The highest BCUT2D eigenvalue weighted by Crippen LogP contribution is 2.30. The van der Waals surface area contributed by atoms with E-state index in [0.717, 1.165) is 10.3 Å². The minimum absolute atomic E-state index is 0.0243. The second-order valence-corrected chi connectivity index (χ2v) is 7.12. The third-order valence-electron chi connectivity index (χ3n) is 5.20. The maximum absolute atomic E-state index is 12.8. The van der Waals surface area contributed by atoms with Crippen LogP contribution in [0, 0.1) is 10.1 Å². The van der Waals surface area contributed by atoms with Crippen molar-refractivity contribution in [2.24, 2.45) is 0 Å². The van der Waals surface area contributed by atoms with Crippen molar-refractivity contribution >= 4 is 34.2 Å². The van der Waals surface area contributed by atoms with Crippen LogP contribution in [0.3, 0.4) is 0 Å². The molecule has 0 radical (unpaired) electrons. The molecule has 0 atom stereocenters. The number of carbonyl (C=O) groups excluding carboxylic acids is 3. The van der Waals surface area contributed by atoms with Crippen molar-refractivity contribution in [3.8, 4) is 0 Å². The summed E-state index contributed by atoms with van der Waals surface area (Å²) < 4.78 is 5.13. The summed E-state index contributed by atoms with van der Waals surface area (Å²) in [5, 5.41) is 12.5. The van der Waals surface area contributed by atoms with Gasteiger partial charge in [-0.05, 0) is 30.0 Å². The number of para-hydroxylation sites is 1. The molecular formula is C23H18N2O6. The average molecular weight is 418 g/mol. The number of benzene rings is 3. The van der Waals surface area contributed by atoms with Crippen LogP contribution in [0.4, 0.5) is 5.69 Å². The molecule has 156 valence electrons. The summed E-state index contributed by atoms with van der Waals surface area (Å²) >= 11 is 0. The highest BCUT2D eigenvalue weighted by molar-refractivity contribution is 6.25. The molecule has 3 aromatic rings. The Morgan fingerprint density at radius 1 is 0.935 bits per heavy atom. The molecule has 1 aliphatic heterocycles. The van der Waals surface area contributed by atoms with Crippen LogP contribution in [0.2, 0.25) is 0 Å². The van der Waals surface area contributed by atoms with Crippen molar-refractivity contribution in [2.75, 3.05) is 6.54 Å². The number of nitro groups is 1. The lowest BCUT2D eigenvalue weighted by Gasteiger charge is -2.27. The third-order valence-corrected chi connectivity index (χ3v) is 5.20. The zero-order valence-electron chi connectivity index (χ0n) is 16.4. The second kappa shape index (κ2) is 8.35. The van der Waals surface area contributed by atoms with E-state index in [1.807, 2.05) is 12.1 Å². The topological polar surface area (TPSA) is 107 Å². The molecule has 0 bridgehead atoms. The Balaban J connectivity index is 1.37. The SMILES string of the molecule is O=C(CCCN1C(=O)c2cccc3cccc(c23)C1=O)OCc1ccccc1[N+](=O)[O-]. The van der Waals surface area contributed by atoms with Gasteiger partial charge < -0.3 is 4.74 Å². The molecule has 0 saturated carbocycles. The molecule has 8 heteroatoms. The first-order chi connectivity index (χ1) is 15.0. The lowest BCUT2D eigenvalue weighted by Crippen LogP contribution is -2.41. The van der Waals surface area contributed by atoms with Gasteiger partial charge in [0.25, 0.3) is 17.5 Å². The molecule has 0 N–H and O–H groups in total. The average Bonchev–Trinajstić information content (AvgIpc) is 2.78. The van der Waals surface area contributed by atoms with Gasteiger partial charge in [-0.3, -0.25) is 29.4 Å². The standard InChI is InChI=1S/C23H18N2O6/c26-20(31-14-16-6-1-2-11-19(16)25(29)30)12-5-13-24-22(27)17-9-3-7-15-8-4-10-18(21(15)17)23(24)28/h1-4,6-11H,5,12-14H2. The Kier molecular flexibility index (Phi) is 5.44. The number of ether oxygens (including phenoxy) is 1. The monoisotopic (exact) mass is 418 g/mol. The van der Waals surface area contributed by atoms with Crippen molar-refractivity contribution < 1.29 is 24.0 Å². The summed E-state index contributed by atoms with van der Waals surface area (Å²) in [5.74, 6) is -1.33. The van der Waals surface area contributed by atoms with Crippen molar-refractivity contribution in [2.45, 2.75) is 19.4 Å². The van der Waals surface area contributed by atoms with Crippen LogP contribution >= 0.6 is 0 Å². The van der Waals surface area contributed by atoms with E-state index in [2.05, 4.69) is 0 Å². The molecule has 1 aliphatic rings. The van der Waals surface area contributed by atoms with E-state index in [1.54, 1.807) is 30.3 Å². The summed E-state index contributed by atoms with van der Waals surface area (Å²) in [6.07, 6.45) is 0.203. The molecule has 31 heavy (non-hydrogen) atoms. The van der Waals surface area contributed by atoms with Crippen LogP contribution < -0.4 is 0 Å². The zero-order chi connectivity index (χ0) is 22.0. The number of nitrogens with zero attached hydrogens (tertiary/aromatic N) is 2. The number of hydrogen-bond acceptors (Lipinski definition) is 6. The van der Waals surface area contributed by atoms with Gasteiger partial charge in [0, 0.05) is 35.5 Å². The van der Waals surface area contributed by atoms with Crippen LogP contribution in [-0.4, -0.2) is 34.2 Å². The first-order valence-corrected chi connectivity index (χ1v) is 9.73. The van der Waals surface area contributed by atoms with E-state index in [0.29, 0.717) is 22.1 Å². The maximum atomic E-state index is 12.8. The van der Waals surface area contributed by atoms with Gasteiger partial charge in [-0.15, -0.1) is 0 Å². The van der Waals surface area contributed by atoms with Crippen molar-refractivity contribution in [1.29, 1.82) is 0 Å². The van der Waals surface area contributed by atoms with E-state index in [1.165, 1.54) is 18.2 Å². The highest BCUT2D eigenvalue weighted by atomic mass is 16.6. The van der Waals surface area contributed by atoms with Gasteiger partial charge in [-0.1, -0.05) is 36.4 Å². The number of esters is 1. The van der Waals surface area contributed by atoms with E-state index in [-0.39, 0.29) is 43.5 Å². The molecule has 8 nitrogen and oxygen atoms in total. The Morgan fingerprint density at radius 3 is 2.23 bits per heavy atom. The predicted octanol–water partition coefficient (Wildman–Crippen LogP) is 3.87. The Bertz CT molecular complexity index is 1170. The fraction of sp³-hybridized carbons (Fsp3) is 0.174. The molecular weight excluding hydrogens is 400 g/mol. The summed E-state index contributed by atoms with van der Waals surface area (Å²) in [7, 11) is 0. The molecule has 0 aliphatic carbocycles. The van der Waals surface area contributed by atoms with Gasteiger partial charge in [0.2, 0.25) is 0 Å². The number of nitro benzene ring substituents is 1. The van der Waals surface area contributed by atoms with Crippen LogP contribution in [0.1, 0.15) is 39.1 Å². The quantitative estimate of drug-likeness (QED) is 0.250. The van der Waals surface area contributed by atoms with Gasteiger partial charge >= 0.3 is 5.97 Å². The lowest BCUT2D eigenvalue weighted by atomic mass is 9.94. The molecule has 0 saturated heterocycles. The fourth-order valence-electron chi connectivity index (χ4n) is 3.71. The lowest BCUT2D eigenvalue weighted by molar-refractivity contribution is -0.385. The van der Waals surface area contributed by atoms with Crippen molar-refractivity contribution in [3.05, 3.63) is 87.5 Å². The van der Waals surface area contributed by atoms with Gasteiger partial charge in [0.15, 0.2) is 0 Å². The predicted molar refractivity (Wildman–Crippen MR) is 111 cm³/mol. The molecule has 0 aromatic heterocycles. The Labute approximate surface area is 177 Å². The van der Waals surface area contributed by atoms with Crippen LogP contribution in [0.15, 0.2) is 60.7 Å². The highest BCUT2D eigenvalue weighted by Gasteiger charge is 2.32. The Hall–Kier alpha value is -4.07. The molecule has 1 heterocycles. The molecule has 2 amide bonds. The second-order valence-electron chi connectivity index (χ2n) is 7.12. The zero-order valence-corrected chi connectivity index (χ0v) is 16.4. The van der Waals surface area contributed by atoms with Gasteiger partial charge in [-0.2, -0.15) is 0 Å². The molecule has 0 unspecified atom stereocenters. The van der Waals surface area contributed by atoms with Crippen LogP contribution in [0.25, 0.3) is 10.8 Å². The largest absolute Gasteiger partial charge is 0.461 e. The van der Waals surface area contributed by atoms with Crippen LogP contribution in [0.5, 0.6) is 0 Å². The number of rotatable bonds is 7. The normalized spacial score (nSPS) is 12.8. The summed E-state index contributed by atoms with van der Waals surface area (Å²) in [4.78, 5) is 49.4. The van der Waals surface area contributed by atoms with Crippen LogP contribution in [-0.2, 0) is 16.1 Å². The first-order valence-electron chi connectivity index (χ1n) is 9.73. The van der Waals surface area contributed by atoms with E-state index in [4.69, 9.17) is 4.74 Å². The summed E-state index contributed by atoms with van der Waals surface area (Å²) in [5.41, 5.74) is 1.11. The van der Waals surface area contributed by atoms with Gasteiger partial charge in [0.1, 0.15) is 6.61 Å². The van der Waals surface area contributed by atoms with Crippen molar-refractivity contribution in [1.82, 2.24) is 4.90 Å². The minimum Gasteiger partial charge on any atom is -0.461 e. The molecule has 0 spiro atoms. The van der Waals surface area contributed by atoms with E-state index < -0.39 is 10.9 Å². The smallest absolute Gasteiger partial charge is 0.306 e. The number of carbonyl (C=O) groups is 3. The van der Waals surface area contributed by atoms with Crippen molar-refractivity contribution in [3.63, 3.8) is 0 Å². The van der Waals surface area contributed by atoms with E-state index in [9.17, 15) is 24.5 Å². The summed E-state index contributed by atoms with van der Waals surface area (Å²) in [6, 6.07) is 16.7. The maximum Gasteiger partial charge on any atom is 0.306 e. The Morgan fingerprint density at radius 2 is 1.58 bits per heavy atom. The third kappa shape index (κ3) is 3.87. The number of amides is 2. The van der Waals surface area contributed by atoms with E-state index >= 15 is 0 Å². The fourth-order valence-corrected chi connectivity index (χ4v) is 3.71. The first kappa shape index (κ1) is 20.2. The van der Waals surface area contributed by atoms with Gasteiger partial charge in [0.05, 0.1) is 10.5 Å². The molecule has 4 rings (SSSR count). The molecule has 3 aromatic carbocycles. The minimum atomic E-state index is -0.558.